The molecule has 3 rings (SSSR count). The maximum Gasteiger partial charge on any atom is 0.232 e. The van der Waals surface area contributed by atoms with E-state index in [0.29, 0.717) is 30.2 Å². The van der Waals surface area contributed by atoms with Gasteiger partial charge in [0.05, 0.1) is 18.8 Å². The van der Waals surface area contributed by atoms with Crippen LogP contribution in [0.3, 0.4) is 0 Å². The van der Waals surface area contributed by atoms with Gasteiger partial charge in [0.15, 0.2) is 11.5 Å². The Balaban J connectivity index is 1.59. The number of aliphatic hydroxyl groups excluding tert-OH is 1. The van der Waals surface area contributed by atoms with E-state index in [1.165, 1.54) is 0 Å². The van der Waals surface area contributed by atoms with Crippen molar-refractivity contribution in [3.05, 3.63) is 53.9 Å². The summed E-state index contributed by atoms with van der Waals surface area (Å²) in [6, 6.07) is 13.0. The average Bonchev–Trinajstić information content (AvgIpc) is 3.08. The Labute approximate surface area is 163 Å². The zero-order valence-corrected chi connectivity index (χ0v) is 16.1. The van der Waals surface area contributed by atoms with Crippen LogP contribution in [0.25, 0.3) is 5.65 Å². The van der Waals surface area contributed by atoms with E-state index in [4.69, 9.17) is 4.74 Å². The molecule has 2 heterocycles. The number of amides is 1. The normalized spacial score (nSPS) is 12.3. The molecule has 1 atom stereocenters. The lowest BCUT2D eigenvalue weighted by atomic mass is 10.1. The number of carbonyl (C=O) groups is 1. The number of nitrogens with zero attached hydrogens (tertiary/aromatic N) is 4. The summed E-state index contributed by atoms with van der Waals surface area (Å²) in [5, 5.41) is 25.0. The number of aliphatic hydroxyl groups is 1. The average molecular weight is 383 g/mol. The van der Waals surface area contributed by atoms with Gasteiger partial charge in [0.25, 0.3) is 0 Å². The molecular formula is C20H25N5O3. The Morgan fingerprint density at radius 2 is 1.96 bits per heavy atom. The van der Waals surface area contributed by atoms with Gasteiger partial charge in [-0.1, -0.05) is 30.3 Å². The van der Waals surface area contributed by atoms with Crippen molar-refractivity contribution in [3.63, 3.8) is 0 Å². The fourth-order valence-electron chi connectivity index (χ4n) is 2.86. The number of carbonyl (C=O) groups excluding carboxylic acids is 1. The predicted octanol–water partition coefficient (Wildman–Crippen LogP) is 1.56. The van der Waals surface area contributed by atoms with E-state index in [9.17, 15) is 9.90 Å². The first-order valence-electron chi connectivity index (χ1n) is 9.37. The Morgan fingerprint density at radius 1 is 1.18 bits per heavy atom. The lowest BCUT2D eigenvalue weighted by molar-refractivity contribution is -0.122. The zero-order valence-electron chi connectivity index (χ0n) is 16.1. The van der Waals surface area contributed by atoms with Crippen LogP contribution < -0.4 is 10.1 Å². The van der Waals surface area contributed by atoms with Crippen LogP contribution in [0.4, 0.5) is 0 Å². The van der Waals surface area contributed by atoms with Crippen LogP contribution in [0.15, 0.2) is 42.5 Å². The molecule has 0 saturated heterocycles. The minimum atomic E-state index is -0.325. The van der Waals surface area contributed by atoms with Gasteiger partial charge in [-0.15, -0.1) is 15.3 Å². The fourth-order valence-corrected chi connectivity index (χ4v) is 2.86. The van der Waals surface area contributed by atoms with E-state index in [-0.39, 0.29) is 31.1 Å². The number of nitrogens with one attached hydrogen (secondary N) is 1. The van der Waals surface area contributed by atoms with Crippen LogP contribution in [-0.2, 0) is 17.6 Å². The third-order valence-electron chi connectivity index (χ3n) is 4.15. The topological polar surface area (TPSA) is 102 Å². The fraction of sp³-hybridized carbons (Fsp3) is 0.400. The molecule has 0 unspecified atom stereocenters. The van der Waals surface area contributed by atoms with Crippen molar-refractivity contribution in [2.45, 2.75) is 45.3 Å². The Morgan fingerprint density at radius 3 is 2.68 bits per heavy atom. The van der Waals surface area contributed by atoms with Gasteiger partial charge in [-0.25, -0.2) is 0 Å². The van der Waals surface area contributed by atoms with Gasteiger partial charge in [0.2, 0.25) is 11.8 Å². The van der Waals surface area contributed by atoms with E-state index < -0.39 is 0 Å². The highest BCUT2D eigenvalue weighted by atomic mass is 16.5. The summed E-state index contributed by atoms with van der Waals surface area (Å²) in [5.41, 5.74) is 1.66. The number of benzene rings is 1. The first kappa shape index (κ1) is 19.8. The molecule has 0 aliphatic carbocycles. The summed E-state index contributed by atoms with van der Waals surface area (Å²) in [5.74, 6) is 0.917. The summed E-state index contributed by atoms with van der Waals surface area (Å²) in [4.78, 5) is 12.3. The number of rotatable bonds is 9. The molecule has 0 aliphatic heterocycles. The molecule has 148 valence electrons. The quantitative estimate of drug-likeness (QED) is 0.581. The highest BCUT2D eigenvalue weighted by molar-refractivity contribution is 5.76. The second kappa shape index (κ2) is 9.27. The van der Waals surface area contributed by atoms with Gasteiger partial charge in [-0.2, -0.15) is 4.52 Å². The van der Waals surface area contributed by atoms with Crippen molar-refractivity contribution in [3.8, 4) is 5.88 Å². The minimum absolute atomic E-state index is 0.00990. The van der Waals surface area contributed by atoms with Gasteiger partial charge in [-0.3, -0.25) is 4.79 Å². The molecular weight excluding hydrogens is 358 g/mol. The van der Waals surface area contributed by atoms with Gasteiger partial charge < -0.3 is 15.2 Å². The van der Waals surface area contributed by atoms with Crippen LogP contribution >= 0.6 is 0 Å². The maximum absolute atomic E-state index is 12.3. The summed E-state index contributed by atoms with van der Waals surface area (Å²) in [7, 11) is 0. The van der Waals surface area contributed by atoms with Crippen molar-refractivity contribution in [1.29, 1.82) is 0 Å². The van der Waals surface area contributed by atoms with E-state index in [2.05, 4.69) is 20.6 Å². The lowest BCUT2D eigenvalue weighted by Crippen LogP contribution is -2.39. The van der Waals surface area contributed by atoms with Crippen LogP contribution in [0.2, 0.25) is 0 Å². The van der Waals surface area contributed by atoms with Crippen molar-refractivity contribution < 1.29 is 14.6 Å². The highest BCUT2D eigenvalue weighted by Gasteiger charge is 2.15. The minimum Gasteiger partial charge on any atom is -0.474 e. The third-order valence-corrected chi connectivity index (χ3v) is 4.15. The van der Waals surface area contributed by atoms with Crippen molar-refractivity contribution in [2.75, 3.05) is 6.61 Å². The van der Waals surface area contributed by atoms with E-state index in [0.717, 1.165) is 5.56 Å². The van der Waals surface area contributed by atoms with Gasteiger partial charge in [0.1, 0.15) is 0 Å². The molecule has 0 bridgehead atoms. The van der Waals surface area contributed by atoms with Crippen LogP contribution in [0.1, 0.15) is 31.7 Å². The van der Waals surface area contributed by atoms with Crippen molar-refractivity contribution >= 4 is 11.6 Å². The molecule has 2 N–H and O–H groups in total. The summed E-state index contributed by atoms with van der Waals surface area (Å²) < 4.78 is 7.20. The number of fused-ring (bicyclic) bond motifs is 1. The molecule has 0 fully saturated rings. The van der Waals surface area contributed by atoms with Crippen LogP contribution in [0, 0.1) is 0 Å². The third kappa shape index (κ3) is 5.26. The van der Waals surface area contributed by atoms with Crippen molar-refractivity contribution in [1.82, 2.24) is 25.1 Å². The van der Waals surface area contributed by atoms with Gasteiger partial charge >= 0.3 is 0 Å². The van der Waals surface area contributed by atoms with Crippen molar-refractivity contribution in [2.24, 2.45) is 0 Å². The smallest absolute Gasteiger partial charge is 0.232 e. The van der Waals surface area contributed by atoms with Gasteiger partial charge in [-0.05, 0) is 31.9 Å². The molecule has 1 amide bonds. The highest BCUT2D eigenvalue weighted by Crippen LogP contribution is 2.12. The number of hydrogen-bond acceptors (Lipinski definition) is 6. The maximum atomic E-state index is 12.3. The predicted molar refractivity (Wildman–Crippen MR) is 104 cm³/mol. The second-order valence-corrected chi connectivity index (χ2v) is 6.86. The van der Waals surface area contributed by atoms with Crippen LogP contribution in [0.5, 0.6) is 5.88 Å². The molecule has 0 radical (unpaired) electrons. The summed E-state index contributed by atoms with van der Waals surface area (Å²) >= 11 is 0. The van der Waals surface area contributed by atoms with E-state index >= 15 is 0 Å². The Hall–Kier alpha value is -3.00. The molecule has 0 aliphatic rings. The standard InChI is InChI=1S/C20H25N5O3/c1-14(2)28-20-11-9-18-23-22-17(25(18)24-20)8-10-19(27)21-16(13-26)12-15-6-4-3-5-7-15/h3-7,9,11,14,16,26H,8,10,12-13H2,1-2H3,(H,21,27)/t16-/m0/s1. The summed E-state index contributed by atoms with van der Waals surface area (Å²) in [6.07, 6.45) is 1.20. The van der Waals surface area contributed by atoms with E-state index in [1.807, 2.05) is 44.2 Å². The Bertz CT molecular complexity index is 911. The molecule has 2 aromatic heterocycles. The first-order chi connectivity index (χ1) is 13.5. The monoisotopic (exact) mass is 383 g/mol. The SMILES string of the molecule is CC(C)Oc1ccc2nnc(CCC(=O)N[C@H](CO)Cc3ccccc3)n2n1. The molecule has 8 heteroatoms. The van der Waals surface area contributed by atoms with Gasteiger partial charge in [0, 0.05) is 18.9 Å². The molecule has 3 aromatic rings. The van der Waals surface area contributed by atoms with E-state index in [1.54, 1.807) is 16.6 Å². The molecule has 0 spiro atoms. The Kier molecular flexibility index (Phi) is 6.54. The zero-order chi connectivity index (χ0) is 19.9. The lowest BCUT2D eigenvalue weighted by Gasteiger charge is -2.16. The molecule has 1 aromatic carbocycles. The second-order valence-electron chi connectivity index (χ2n) is 6.86. The number of aryl methyl sites for hydroxylation is 1. The first-order valence-corrected chi connectivity index (χ1v) is 9.37. The van der Waals surface area contributed by atoms with Crippen LogP contribution in [-0.4, -0.2) is 49.6 Å². The number of aromatic nitrogens is 4. The molecule has 0 saturated carbocycles. The summed E-state index contributed by atoms with van der Waals surface area (Å²) in [6.45, 7) is 3.73. The molecule has 28 heavy (non-hydrogen) atoms. The molecule has 8 nitrogen and oxygen atoms in total. The number of hydrogen-bond donors (Lipinski definition) is 2. The number of ether oxygens (including phenoxy) is 1. The largest absolute Gasteiger partial charge is 0.474 e.